The number of halogens is 1. The summed E-state index contributed by atoms with van der Waals surface area (Å²) in [4.78, 5) is 20.1. The SMILES string of the molecule is O=C(O)c1sc(-c2ccccn2)nc1/C=C/c1ccc(F)cc1. The first-order valence-corrected chi connectivity index (χ1v) is 7.54. The molecule has 23 heavy (non-hydrogen) atoms. The van der Waals surface area contributed by atoms with Crippen molar-refractivity contribution in [3.63, 3.8) is 0 Å². The average molecular weight is 326 g/mol. The molecule has 114 valence electrons. The molecule has 2 heterocycles. The lowest BCUT2D eigenvalue weighted by molar-refractivity contribution is 0.0701. The summed E-state index contributed by atoms with van der Waals surface area (Å²) in [6, 6.07) is 11.3. The highest BCUT2D eigenvalue weighted by molar-refractivity contribution is 7.17. The van der Waals surface area contributed by atoms with Gasteiger partial charge < -0.3 is 5.11 Å². The molecule has 4 nitrogen and oxygen atoms in total. The van der Waals surface area contributed by atoms with Gasteiger partial charge in [-0.05, 0) is 35.9 Å². The van der Waals surface area contributed by atoms with E-state index in [4.69, 9.17) is 0 Å². The van der Waals surface area contributed by atoms with E-state index in [0.717, 1.165) is 16.9 Å². The third-order valence-electron chi connectivity index (χ3n) is 3.04. The molecule has 2 aromatic heterocycles. The lowest BCUT2D eigenvalue weighted by Gasteiger charge is -1.93. The molecule has 6 heteroatoms. The number of aromatic carboxylic acids is 1. The molecule has 3 aromatic rings. The number of hydrogen-bond donors (Lipinski definition) is 1. The van der Waals surface area contributed by atoms with Crippen LogP contribution in [0.15, 0.2) is 48.7 Å². The monoisotopic (exact) mass is 326 g/mol. The minimum absolute atomic E-state index is 0.143. The van der Waals surface area contributed by atoms with Gasteiger partial charge in [0.2, 0.25) is 0 Å². The normalized spacial score (nSPS) is 11.0. The van der Waals surface area contributed by atoms with Gasteiger partial charge in [0.15, 0.2) is 0 Å². The minimum atomic E-state index is -1.04. The zero-order chi connectivity index (χ0) is 16.2. The predicted octanol–water partition coefficient (Wildman–Crippen LogP) is 4.21. The van der Waals surface area contributed by atoms with Crippen LogP contribution in [-0.2, 0) is 0 Å². The van der Waals surface area contributed by atoms with E-state index >= 15 is 0 Å². The Balaban J connectivity index is 1.96. The zero-order valence-corrected chi connectivity index (χ0v) is 12.6. The van der Waals surface area contributed by atoms with Gasteiger partial charge in [-0.1, -0.05) is 24.3 Å². The molecule has 0 atom stereocenters. The van der Waals surface area contributed by atoms with Crippen molar-refractivity contribution in [3.05, 3.63) is 70.6 Å². The first-order chi connectivity index (χ1) is 11.1. The van der Waals surface area contributed by atoms with Gasteiger partial charge in [-0.25, -0.2) is 14.2 Å². The number of carbonyl (C=O) groups is 1. The van der Waals surface area contributed by atoms with Crippen LogP contribution in [0.4, 0.5) is 4.39 Å². The fourth-order valence-corrected chi connectivity index (χ4v) is 2.81. The van der Waals surface area contributed by atoms with Crippen LogP contribution in [0.2, 0.25) is 0 Å². The Labute approximate surface area is 135 Å². The Morgan fingerprint density at radius 3 is 2.57 bits per heavy atom. The Morgan fingerprint density at radius 2 is 1.91 bits per heavy atom. The number of carboxylic acid groups (broad SMARTS) is 1. The van der Waals surface area contributed by atoms with Crippen LogP contribution in [0.5, 0.6) is 0 Å². The third-order valence-corrected chi connectivity index (χ3v) is 4.12. The number of rotatable bonds is 4. The van der Waals surface area contributed by atoms with E-state index in [9.17, 15) is 14.3 Å². The summed E-state index contributed by atoms with van der Waals surface area (Å²) in [5.41, 5.74) is 1.74. The molecular formula is C17H11FN2O2S. The van der Waals surface area contributed by atoms with Crippen molar-refractivity contribution in [1.29, 1.82) is 0 Å². The molecule has 0 radical (unpaired) electrons. The second-order valence-electron chi connectivity index (χ2n) is 4.64. The number of carboxylic acids is 1. The molecule has 0 saturated heterocycles. The minimum Gasteiger partial charge on any atom is -0.477 e. The maximum Gasteiger partial charge on any atom is 0.348 e. The summed E-state index contributed by atoms with van der Waals surface area (Å²) in [7, 11) is 0. The van der Waals surface area contributed by atoms with E-state index in [1.807, 2.05) is 6.07 Å². The van der Waals surface area contributed by atoms with Crippen LogP contribution < -0.4 is 0 Å². The number of pyridine rings is 1. The summed E-state index contributed by atoms with van der Waals surface area (Å²) < 4.78 is 12.9. The number of benzene rings is 1. The topological polar surface area (TPSA) is 63.1 Å². The number of nitrogens with zero attached hydrogens (tertiary/aromatic N) is 2. The molecule has 0 spiro atoms. The first kappa shape index (κ1) is 15.1. The van der Waals surface area contributed by atoms with Crippen molar-refractivity contribution < 1.29 is 14.3 Å². The van der Waals surface area contributed by atoms with Crippen molar-refractivity contribution in [2.75, 3.05) is 0 Å². The molecule has 0 aliphatic rings. The molecule has 0 unspecified atom stereocenters. The van der Waals surface area contributed by atoms with Gasteiger partial charge in [0.05, 0.1) is 11.4 Å². The molecule has 0 amide bonds. The van der Waals surface area contributed by atoms with Gasteiger partial charge in [-0.3, -0.25) is 4.98 Å². The third kappa shape index (κ3) is 3.49. The van der Waals surface area contributed by atoms with Crippen LogP contribution in [0.1, 0.15) is 20.9 Å². The van der Waals surface area contributed by atoms with Gasteiger partial charge in [-0.2, -0.15) is 0 Å². The van der Waals surface area contributed by atoms with Crippen LogP contribution in [-0.4, -0.2) is 21.0 Å². The van der Waals surface area contributed by atoms with E-state index in [0.29, 0.717) is 16.4 Å². The molecule has 3 rings (SSSR count). The Hall–Kier alpha value is -2.86. The molecule has 0 fully saturated rings. The largest absolute Gasteiger partial charge is 0.477 e. The Morgan fingerprint density at radius 1 is 1.13 bits per heavy atom. The van der Waals surface area contributed by atoms with Gasteiger partial charge in [0.25, 0.3) is 0 Å². The molecule has 0 aliphatic carbocycles. The fourth-order valence-electron chi connectivity index (χ4n) is 1.95. The highest BCUT2D eigenvalue weighted by Gasteiger charge is 2.16. The molecular weight excluding hydrogens is 315 g/mol. The highest BCUT2D eigenvalue weighted by atomic mass is 32.1. The summed E-state index contributed by atoms with van der Waals surface area (Å²) >= 11 is 1.07. The van der Waals surface area contributed by atoms with Crippen LogP contribution in [0.25, 0.3) is 22.9 Å². The maximum atomic E-state index is 12.9. The van der Waals surface area contributed by atoms with E-state index < -0.39 is 5.97 Å². The molecule has 0 saturated carbocycles. The average Bonchev–Trinajstić information content (AvgIpc) is 3.00. The van der Waals surface area contributed by atoms with Gasteiger partial charge in [0.1, 0.15) is 15.7 Å². The van der Waals surface area contributed by atoms with Crippen molar-refractivity contribution in [3.8, 4) is 10.7 Å². The molecule has 1 aromatic carbocycles. The van der Waals surface area contributed by atoms with Gasteiger partial charge >= 0.3 is 5.97 Å². The van der Waals surface area contributed by atoms with Crippen molar-refractivity contribution >= 4 is 29.5 Å². The number of aromatic nitrogens is 2. The quantitative estimate of drug-likeness (QED) is 0.780. The summed E-state index contributed by atoms with van der Waals surface area (Å²) in [6.45, 7) is 0. The maximum absolute atomic E-state index is 12.9. The number of hydrogen-bond acceptors (Lipinski definition) is 4. The highest BCUT2D eigenvalue weighted by Crippen LogP contribution is 2.28. The van der Waals surface area contributed by atoms with Crippen LogP contribution in [0.3, 0.4) is 0 Å². The number of thiazole rings is 1. The molecule has 1 N–H and O–H groups in total. The van der Waals surface area contributed by atoms with Gasteiger partial charge in [0, 0.05) is 6.20 Å². The van der Waals surface area contributed by atoms with Gasteiger partial charge in [-0.15, -0.1) is 11.3 Å². The summed E-state index contributed by atoms with van der Waals surface area (Å²) in [5.74, 6) is -1.36. The van der Waals surface area contributed by atoms with E-state index in [1.54, 1.807) is 42.6 Å². The summed E-state index contributed by atoms with van der Waals surface area (Å²) in [5, 5.41) is 9.87. The van der Waals surface area contributed by atoms with E-state index in [-0.39, 0.29) is 10.7 Å². The van der Waals surface area contributed by atoms with Crippen molar-refractivity contribution in [2.45, 2.75) is 0 Å². The van der Waals surface area contributed by atoms with Crippen LogP contribution in [0, 0.1) is 5.82 Å². The predicted molar refractivity (Wildman–Crippen MR) is 87.6 cm³/mol. The van der Waals surface area contributed by atoms with Crippen molar-refractivity contribution in [1.82, 2.24) is 9.97 Å². The first-order valence-electron chi connectivity index (χ1n) is 6.72. The smallest absolute Gasteiger partial charge is 0.348 e. The lowest BCUT2D eigenvalue weighted by atomic mass is 10.2. The van der Waals surface area contributed by atoms with Crippen molar-refractivity contribution in [2.24, 2.45) is 0 Å². The van der Waals surface area contributed by atoms with E-state index in [1.165, 1.54) is 12.1 Å². The molecule has 0 aliphatic heterocycles. The lowest BCUT2D eigenvalue weighted by Crippen LogP contribution is -1.94. The molecule has 0 bridgehead atoms. The van der Waals surface area contributed by atoms with E-state index in [2.05, 4.69) is 9.97 Å². The second-order valence-corrected chi connectivity index (χ2v) is 5.64. The Kier molecular flexibility index (Phi) is 4.25. The zero-order valence-electron chi connectivity index (χ0n) is 11.8. The second kappa shape index (κ2) is 6.50. The Bertz CT molecular complexity index is 858. The fraction of sp³-hybridized carbons (Fsp3) is 0. The van der Waals surface area contributed by atoms with Crippen LogP contribution >= 0.6 is 11.3 Å². The standard InChI is InChI=1S/C17H11FN2O2S/c18-12-7-4-11(5-8-12)6-9-13-15(17(21)22)23-16(20-13)14-3-1-2-10-19-14/h1-10H,(H,21,22)/b9-6+. The summed E-state index contributed by atoms with van der Waals surface area (Å²) in [6.07, 6.45) is 4.94.